The second-order valence-corrected chi connectivity index (χ2v) is 5.79. The van der Waals surface area contributed by atoms with Gasteiger partial charge >= 0.3 is 0 Å². The van der Waals surface area contributed by atoms with E-state index in [0.29, 0.717) is 23.7 Å². The van der Waals surface area contributed by atoms with Gasteiger partial charge in [0.1, 0.15) is 29.7 Å². The molecule has 0 amide bonds. The predicted molar refractivity (Wildman–Crippen MR) is 98.6 cm³/mol. The number of hydrogen-bond acceptors (Lipinski definition) is 3. The average molecular weight is 350 g/mol. The Balaban J connectivity index is 1.56. The molecule has 0 unspecified atom stereocenters. The second-order valence-electron chi connectivity index (χ2n) is 5.79. The van der Waals surface area contributed by atoms with Gasteiger partial charge in [-0.3, -0.25) is 4.79 Å². The first-order chi connectivity index (χ1) is 12.6. The molecule has 3 nitrogen and oxygen atoms in total. The molecule has 0 saturated heterocycles. The smallest absolute Gasteiger partial charge is 0.185 e. The minimum Gasteiger partial charge on any atom is -0.486 e. The molecule has 0 saturated carbocycles. The molecule has 0 fully saturated rings. The summed E-state index contributed by atoms with van der Waals surface area (Å²) in [5, 5.41) is 0. The average Bonchev–Trinajstić information content (AvgIpc) is 3.13. The van der Waals surface area contributed by atoms with Crippen molar-refractivity contribution >= 4 is 11.9 Å². The first kappa shape index (κ1) is 17.7. The van der Waals surface area contributed by atoms with E-state index in [4.69, 9.17) is 9.15 Å². The van der Waals surface area contributed by atoms with Crippen molar-refractivity contribution in [1.29, 1.82) is 0 Å². The zero-order valence-electron chi connectivity index (χ0n) is 14.4. The summed E-state index contributed by atoms with van der Waals surface area (Å²) >= 11 is 0. The van der Waals surface area contributed by atoms with Gasteiger partial charge in [-0.05, 0) is 72.7 Å². The van der Waals surface area contributed by atoms with Crippen LogP contribution in [0.25, 0.3) is 6.08 Å². The molecule has 0 aliphatic carbocycles. The zero-order valence-corrected chi connectivity index (χ0v) is 14.4. The maximum Gasteiger partial charge on any atom is 0.185 e. The van der Waals surface area contributed by atoms with E-state index >= 15 is 0 Å². The third-order valence-corrected chi connectivity index (χ3v) is 3.92. The number of halogens is 1. The lowest BCUT2D eigenvalue weighted by Crippen LogP contribution is -1.94. The number of hydrogen-bond donors (Lipinski definition) is 0. The molecule has 1 heterocycles. The van der Waals surface area contributed by atoms with Crippen LogP contribution in [-0.4, -0.2) is 5.78 Å². The van der Waals surface area contributed by atoms with E-state index in [1.165, 1.54) is 35.9 Å². The summed E-state index contributed by atoms with van der Waals surface area (Å²) in [6.45, 7) is 2.42. The van der Waals surface area contributed by atoms with E-state index in [1.54, 1.807) is 12.1 Å². The summed E-state index contributed by atoms with van der Waals surface area (Å²) in [6.07, 6.45) is 3.98. The third-order valence-electron chi connectivity index (χ3n) is 3.92. The Morgan fingerprint density at radius 1 is 1.04 bits per heavy atom. The molecule has 0 spiro atoms. The Kier molecular flexibility index (Phi) is 5.64. The van der Waals surface area contributed by atoms with Crippen molar-refractivity contribution in [2.24, 2.45) is 0 Å². The minimum absolute atomic E-state index is 0.213. The van der Waals surface area contributed by atoms with Gasteiger partial charge in [0, 0.05) is 5.56 Å². The van der Waals surface area contributed by atoms with Crippen LogP contribution in [0.5, 0.6) is 5.75 Å². The van der Waals surface area contributed by atoms with E-state index < -0.39 is 0 Å². The summed E-state index contributed by atoms with van der Waals surface area (Å²) in [7, 11) is 0. The molecule has 26 heavy (non-hydrogen) atoms. The first-order valence-electron chi connectivity index (χ1n) is 8.42. The van der Waals surface area contributed by atoms with Crippen molar-refractivity contribution in [2.75, 3.05) is 0 Å². The van der Waals surface area contributed by atoms with Crippen LogP contribution >= 0.6 is 0 Å². The van der Waals surface area contributed by atoms with Crippen molar-refractivity contribution in [3.8, 4) is 5.75 Å². The maximum absolute atomic E-state index is 12.9. The molecule has 0 aliphatic heterocycles. The van der Waals surface area contributed by atoms with Crippen LogP contribution in [-0.2, 0) is 13.0 Å². The summed E-state index contributed by atoms with van der Waals surface area (Å²) in [6, 6.07) is 16.9. The van der Waals surface area contributed by atoms with E-state index in [0.717, 1.165) is 12.2 Å². The standard InChI is InChI=1S/C22H19FO3/c1-2-16-3-9-19(10-4-16)25-15-21-12-11-20(26-21)13-14-22(24)17-5-7-18(23)8-6-17/h3-14H,2,15H2,1H3/b14-13+. The lowest BCUT2D eigenvalue weighted by atomic mass is 10.1. The SMILES string of the molecule is CCc1ccc(OCc2ccc(/C=C/C(=O)c3ccc(F)cc3)o2)cc1. The van der Waals surface area contributed by atoms with Crippen LogP contribution in [0.3, 0.4) is 0 Å². The van der Waals surface area contributed by atoms with Crippen molar-refractivity contribution in [2.45, 2.75) is 20.0 Å². The van der Waals surface area contributed by atoms with Crippen molar-refractivity contribution < 1.29 is 18.3 Å². The normalized spacial score (nSPS) is 11.0. The Bertz CT molecular complexity index is 890. The Hall–Kier alpha value is -3.14. The fourth-order valence-electron chi connectivity index (χ4n) is 2.41. The molecule has 1 aromatic heterocycles. The first-order valence-corrected chi connectivity index (χ1v) is 8.42. The zero-order chi connectivity index (χ0) is 18.4. The van der Waals surface area contributed by atoms with Gasteiger partial charge in [0.25, 0.3) is 0 Å². The number of ketones is 1. The summed E-state index contributed by atoms with van der Waals surface area (Å²) < 4.78 is 24.2. The maximum atomic E-state index is 12.9. The third kappa shape index (κ3) is 4.70. The van der Waals surface area contributed by atoms with E-state index in [2.05, 4.69) is 6.92 Å². The molecular formula is C22H19FO3. The molecule has 3 aromatic rings. The highest BCUT2D eigenvalue weighted by Crippen LogP contribution is 2.16. The van der Waals surface area contributed by atoms with Gasteiger partial charge in [-0.1, -0.05) is 19.1 Å². The van der Waals surface area contributed by atoms with Crippen molar-refractivity contribution in [3.63, 3.8) is 0 Å². The lowest BCUT2D eigenvalue weighted by Gasteiger charge is -2.04. The highest BCUT2D eigenvalue weighted by Gasteiger charge is 2.04. The molecule has 132 valence electrons. The molecule has 0 bridgehead atoms. The Morgan fingerprint density at radius 3 is 2.46 bits per heavy atom. The molecule has 0 atom stereocenters. The number of carbonyl (C=O) groups is 1. The van der Waals surface area contributed by atoms with Gasteiger partial charge < -0.3 is 9.15 Å². The predicted octanol–water partition coefficient (Wildman–Crippen LogP) is 5.46. The highest BCUT2D eigenvalue weighted by molar-refractivity contribution is 6.06. The number of allylic oxidation sites excluding steroid dienone is 1. The number of ether oxygens (including phenoxy) is 1. The van der Waals surface area contributed by atoms with Crippen LogP contribution in [0.4, 0.5) is 4.39 Å². The highest BCUT2D eigenvalue weighted by atomic mass is 19.1. The van der Waals surface area contributed by atoms with E-state index in [9.17, 15) is 9.18 Å². The molecule has 0 N–H and O–H groups in total. The van der Waals surface area contributed by atoms with Crippen LogP contribution in [0.1, 0.15) is 34.4 Å². The number of furan rings is 1. The number of rotatable bonds is 7. The molecule has 2 aromatic carbocycles. The van der Waals surface area contributed by atoms with Gasteiger partial charge in [-0.25, -0.2) is 4.39 Å². The second kappa shape index (κ2) is 8.30. The molecular weight excluding hydrogens is 331 g/mol. The summed E-state index contributed by atoms with van der Waals surface area (Å²) in [5.41, 5.74) is 1.68. The Morgan fingerprint density at radius 2 is 1.77 bits per heavy atom. The van der Waals surface area contributed by atoms with Crippen LogP contribution < -0.4 is 4.74 Å². The number of aryl methyl sites for hydroxylation is 1. The van der Waals surface area contributed by atoms with E-state index in [-0.39, 0.29) is 11.6 Å². The van der Waals surface area contributed by atoms with Crippen molar-refractivity contribution in [3.05, 3.63) is 95.2 Å². The van der Waals surface area contributed by atoms with Gasteiger partial charge in [0.2, 0.25) is 0 Å². The molecule has 4 heteroatoms. The van der Waals surface area contributed by atoms with Gasteiger partial charge in [0.05, 0.1) is 0 Å². The molecule has 0 radical (unpaired) electrons. The largest absolute Gasteiger partial charge is 0.486 e. The van der Waals surface area contributed by atoms with Crippen molar-refractivity contribution in [1.82, 2.24) is 0 Å². The number of carbonyl (C=O) groups excluding carboxylic acids is 1. The topological polar surface area (TPSA) is 39.4 Å². The summed E-state index contributed by atoms with van der Waals surface area (Å²) in [4.78, 5) is 12.0. The fourth-order valence-corrected chi connectivity index (χ4v) is 2.41. The minimum atomic E-state index is -0.370. The summed E-state index contributed by atoms with van der Waals surface area (Å²) in [5.74, 6) is 1.42. The molecule has 3 rings (SSSR count). The lowest BCUT2D eigenvalue weighted by molar-refractivity contribution is 0.104. The monoisotopic (exact) mass is 350 g/mol. The van der Waals surface area contributed by atoms with Crippen LogP contribution in [0.15, 0.2) is 71.2 Å². The van der Waals surface area contributed by atoms with Gasteiger partial charge in [0.15, 0.2) is 5.78 Å². The van der Waals surface area contributed by atoms with Gasteiger partial charge in [-0.2, -0.15) is 0 Å². The van der Waals surface area contributed by atoms with Crippen LogP contribution in [0, 0.1) is 5.82 Å². The Labute approximate surface area is 151 Å². The fraction of sp³-hybridized carbons (Fsp3) is 0.136. The van der Waals surface area contributed by atoms with E-state index in [1.807, 2.05) is 30.3 Å². The number of benzene rings is 2. The quantitative estimate of drug-likeness (QED) is 0.420. The van der Waals surface area contributed by atoms with Gasteiger partial charge in [-0.15, -0.1) is 0 Å². The van der Waals surface area contributed by atoms with Crippen LogP contribution in [0.2, 0.25) is 0 Å². The molecule has 0 aliphatic rings.